The number of hydrogen-bond acceptors (Lipinski definition) is 4. The number of nitrogens with two attached hydrogens (primary N) is 1. The molecule has 1 unspecified atom stereocenters. The summed E-state index contributed by atoms with van der Waals surface area (Å²) in [6.07, 6.45) is 0.303. The van der Waals surface area contributed by atoms with Gasteiger partial charge in [0, 0.05) is 21.9 Å². The van der Waals surface area contributed by atoms with E-state index in [1.807, 2.05) is 32.2 Å². The van der Waals surface area contributed by atoms with Gasteiger partial charge in [0.1, 0.15) is 5.60 Å². The first kappa shape index (κ1) is 15.5. The molecule has 1 rings (SSSR count). The smallest absolute Gasteiger partial charge is 0.407 e. The van der Waals surface area contributed by atoms with Crippen molar-refractivity contribution in [2.75, 3.05) is 6.54 Å². The molecule has 3 N–H and O–H groups in total. The standard InChI is InChI=1S/C12H19BrN2O2S/c1-12(2,3)17-11(16)15-7-8(14)6-10-9(13)4-5-18-10/h4-5,8H,6-7,14H2,1-3H3,(H,15,16). The van der Waals surface area contributed by atoms with Gasteiger partial charge in [0.2, 0.25) is 0 Å². The van der Waals surface area contributed by atoms with Crippen LogP contribution in [0.2, 0.25) is 0 Å². The fourth-order valence-electron chi connectivity index (χ4n) is 1.31. The van der Waals surface area contributed by atoms with E-state index in [9.17, 15) is 4.79 Å². The highest BCUT2D eigenvalue weighted by molar-refractivity contribution is 9.10. The molecule has 1 amide bonds. The number of amides is 1. The van der Waals surface area contributed by atoms with Crippen molar-refractivity contribution in [2.45, 2.75) is 38.8 Å². The lowest BCUT2D eigenvalue weighted by molar-refractivity contribution is 0.0524. The van der Waals surface area contributed by atoms with Gasteiger partial charge in [0.15, 0.2) is 0 Å². The average Bonchev–Trinajstić information content (AvgIpc) is 2.59. The van der Waals surface area contributed by atoms with E-state index in [4.69, 9.17) is 10.5 Å². The van der Waals surface area contributed by atoms with Gasteiger partial charge in [-0.25, -0.2) is 4.79 Å². The Morgan fingerprint density at radius 3 is 2.78 bits per heavy atom. The highest BCUT2D eigenvalue weighted by atomic mass is 79.9. The van der Waals surface area contributed by atoms with E-state index in [0.717, 1.165) is 10.9 Å². The van der Waals surface area contributed by atoms with Gasteiger partial charge in [-0.2, -0.15) is 0 Å². The highest BCUT2D eigenvalue weighted by Gasteiger charge is 2.17. The van der Waals surface area contributed by atoms with Crippen molar-refractivity contribution in [1.82, 2.24) is 5.32 Å². The van der Waals surface area contributed by atoms with Gasteiger partial charge in [-0.1, -0.05) is 0 Å². The third kappa shape index (κ3) is 5.84. The average molecular weight is 335 g/mol. The van der Waals surface area contributed by atoms with Crippen molar-refractivity contribution < 1.29 is 9.53 Å². The molecule has 0 radical (unpaired) electrons. The number of halogens is 1. The maximum absolute atomic E-state index is 11.4. The van der Waals surface area contributed by atoms with Crippen LogP contribution in [0.5, 0.6) is 0 Å². The Bertz CT molecular complexity index is 401. The summed E-state index contributed by atoms with van der Waals surface area (Å²) in [6.45, 7) is 5.89. The minimum Gasteiger partial charge on any atom is -0.444 e. The normalized spacial score (nSPS) is 13.2. The minimum absolute atomic E-state index is 0.118. The number of alkyl carbamates (subject to hydrolysis) is 1. The molecule has 0 aliphatic carbocycles. The molecule has 1 aromatic rings. The Morgan fingerprint density at radius 2 is 2.28 bits per heavy atom. The molecule has 0 aromatic carbocycles. The molecule has 1 aromatic heterocycles. The summed E-state index contributed by atoms with van der Waals surface area (Å²) in [5, 5.41) is 4.68. The SMILES string of the molecule is CC(C)(C)OC(=O)NCC(N)Cc1sccc1Br. The fourth-order valence-corrected chi connectivity index (χ4v) is 2.92. The summed E-state index contributed by atoms with van der Waals surface area (Å²) in [7, 11) is 0. The van der Waals surface area contributed by atoms with Gasteiger partial charge in [-0.3, -0.25) is 0 Å². The first-order valence-electron chi connectivity index (χ1n) is 5.72. The third-order valence-corrected chi connectivity index (χ3v) is 3.99. The van der Waals surface area contributed by atoms with Gasteiger partial charge < -0.3 is 15.8 Å². The third-order valence-electron chi connectivity index (χ3n) is 2.05. The number of carbonyl (C=O) groups is 1. The van der Waals surface area contributed by atoms with Crippen LogP contribution in [-0.4, -0.2) is 24.3 Å². The van der Waals surface area contributed by atoms with E-state index in [1.54, 1.807) is 11.3 Å². The number of carbonyl (C=O) groups excluding carboxylic acids is 1. The lowest BCUT2D eigenvalue weighted by Gasteiger charge is -2.20. The van der Waals surface area contributed by atoms with E-state index in [2.05, 4.69) is 21.2 Å². The lowest BCUT2D eigenvalue weighted by atomic mass is 10.2. The van der Waals surface area contributed by atoms with Gasteiger partial charge in [0.25, 0.3) is 0 Å². The number of thiophene rings is 1. The van der Waals surface area contributed by atoms with Crippen LogP contribution < -0.4 is 11.1 Å². The molecule has 18 heavy (non-hydrogen) atoms. The summed E-state index contributed by atoms with van der Waals surface area (Å²) >= 11 is 5.11. The van der Waals surface area contributed by atoms with Crippen molar-refractivity contribution in [2.24, 2.45) is 5.73 Å². The van der Waals surface area contributed by atoms with Gasteiger partial charge in [-0.15, -0.1) is 11.3 Å². The highest BCUT2D eigenvalue weighted by Crippen LogP contribution is 2.23. The molecule has 0 spiro atoms. The molecular formula is C12H19BrN2O2S. The zero-order valence-corrected chi connectivity index (χ0v) is 13.2. The van der Waals surface area contributed by atoms with Crippen LogP contribution in [0.4, 0.5) is 4.79 Å². The van der Waals surface area contributed by atoms with E-state index < -0.39 is 11.7 Å². The molecule has 0 fully saturated rings. The van der Waals surface area contributed by atoms with Crippen molar-refractivity contribution in [3.63, 3.8) is 0 Å². The van der Waals surface area contributed by atoms with Crippen molar-refractivity contribution in [1.29, 1.82) is 0 Å². The van der Waals surface area contributed by atoms with E-state index in [0.29, 0.717) is 6.54 Å². The second kappa shape index (κ2) is 6.54. The Hall–Kier alpha value is -0.590. The molecule has 102 valence electrons. The fraction of sp³-hybridized carbons (Fsp3) is 0.583. The molecule has 1 atom stereocenters. The number of rotatable bonds is 4. The molecular weight excluding hydrogens is 316 g/mol. The molecule has 0 saturated carbocycles. The maximum Gasteiger partial charge on any atom is 0.407 e. The number of hydrogen-bond donors (Lipinski definition) is 2. The molecule has 0 saturated heterocycles. The van der Waals surface area contributed by atoms with Crippen LogP contribution in [0.15, 0.2) is 15.9 Å². The Labute approximate surface area is 120 Å². The van der Waals surface area contributed by atoms with Crippen LogP contribution >= 0.6 is 27.3 Å². The molecule has 0 aliphatic rings. The predicted molar refractivity (Wildman–Crippen MR) is 77.9 cm³/mol. The van der Waals surface area contributed by atoms with E-state index >= 15 is 0 Å². The summed E-state index contributed by atoms with van der Waals surface area (Å²) in [5.74, 6) is 0. The van der Waals surface area contributed by atoms with E-state index in [1.165, 1.54) is 4.88 Å². The van der Waals surface area contributed by atoms with Crippen LogP contribution in [0.25, 0.3) is 0 Å². The Kier molecular flexibility index (Phi) is 5.62. The van der Waals surface area contributed by atoms with Gasteiger partial charge >= 0.3 is 6.09 Å². The largest absolute Gasteiger partial charge is 0.444 e. The molecule has 0 aliphatic heterocycles. The first-order chi connectivity index (χ1) is 8.28. The van der Waals surface area contributed by atoms with Gasteiger partial charge in [0.05, 0.1) is 0 Å². The lowest BCUT2D eigenvalue weighted by Crippen LogP contribution is -2.41. The minimum atomic E-state index is -0.481. The van der Waals surface area contributed by atoms with Crippen LogP contribution in [0.3, 0.4) is 0 Å². The predicted octanol–water partition coefficient (Wildman–Crippen LogP) is 2.91. The molecule has 6 heteroatoms. The summed E-state index contributed by atoms with van der Waals surface area (Å²) in [5.41, 5.74) is 5.48. The summed E-state index contributed by atoms with van der Waals surface area (Å²) < 4.78 is 6.20. The van der Waals surface area contributed by atoms with Crippen molar-refractivity contribution in [3.05, 3.63) is 20.8 Å². The number of nitrogens with one attached hydrogen (secondary N) is 1. The first-order valence-corrected chi connectivity index (χ1v) is 7.39. The van der Waals surface area contributed by atoms with Crippen LogP contribution in [0, 0.1) is 0 Å². The quantitative estimate of drug-likeness (QED) is 0.889. The molecule has 4 nitrogen and oxygen atoms in total. The maximum atomic E-state index is 11.4. The van der Waals surface area contributed by atoms with E-state index in [-0.39, 0.29) is 6.04 Å². The van der Waals surface area contributed by atoms with Crippen molar-refractivity contribution >= 4 is 33.4 Å². The van der Waals surface area contributed by atoms with Crippen molar-refractivity contribution in [3.8, 4) is 0 Å². The van der Waals surface area contributed by atoms with Crippen LogP contribution in [-0.2, 0) is 11.2 Å². The summed E-state index contributed by atoms with van der Waals surface area (Å²) in [4.78, 5) is 12.6. The second-order valence-electron chi connectivity index (χ2n) is 5.04. The Morgan fingerprint density at radius 1 is 1.61 bits per heavy atom. The molecule has 1 heterocycles. The second-order valence-corrected chi connectivity index (χ2v) is 6.89. The topological polar surface area (TPSA) is 64.3 Å². The molecule has 0 bridgehead atoms. The summed E-state index contributed by atoms with van der Waals surface area (Å²) in [6, 6.07) is 1.88. The zero-order valence-electron chi connectivity index (χ0n) is 10.8. The Balaban J connectivity index is 2.31. The zero-order chi connectivity index (χ0) is 13.8. The number of ether oxygens (including phenoxy) is 1. The van der Waals surface area contributed by atoms with Gasteiger partial charge in [-0.05, 0) is 54.6 Å². The van der Waals surface area contributed by atoms with Crippen LogP contribution in [0.1, 0.15) is 25.6 Å². The monoisotopic (exact) mass is 334 g/mol.